The molecule has 4 N–H and O–H groups in total. The maximum Gasteiger partial charge on any atom is 0.115 e. The summed E-state index contributed by atoms with van der Waals surface area (Å²) in [7, 11) is 0. The van der Waals surface area contributed by atoms with E-state index in [-0.39, 0.29) is 11.8 Å². The topological polar surface area (TPSA) is 72.7 Å². The van der Waals surface area contributed by atoms with E-state index in [0.29, 0.717) is 13.0 Å². The Morgan fingerprint density at radius 3 is 2.40 bits per heavy atom. The maximum atomic E-state index is 9.61. The van der Waals surface area contributed by atoms with E-state index in [4.69, 9.17) is 5.11 Å². The average molecular weight is 209 g/mol. The number of aliphatic hydroxyl groups excluding tert-OH is 2. The summed E-state index contributed by atoms with van der Waals surface area (Å²) in [5.74, 6) is 0.235. The summed E-state index contributed by atoms with van der Waals surface area (Å²) >= 11 is 0. The number of benzene rings is 1. The fraction of sp³-hybridized carbons (Fsp3) is 0.455. The highest BCUT2D eigenvalue weighted by Crippen LogP contribution is 2.16. The molecule has 0 saturated carbocycles. The van der Waals surface area contributed by atoms with Gasteiger partial charge in [-0.25, -0.2) is 0 Å². The third kappa shape index (κ3) is 2.28. The first-order valence-electron chi connectivity index (χ1n) is 5.04. The van der Waals surface area contributed by atoms with Crippen LogP contribution in [0.15, 0.2) is 24.3 Å². The molecule has 0 spiro atoms. The summed E-state index contributed by atoms with van der Waals surface area (Å²) in [6, 6.07) is 6.76. The Labute approximate surface area is 88.2 Å². The van der Waals surface area contributed by atoms with E-state index >= 15 is 0 Å². The minimum atomic E-state index is -0.709. The van der Waals surface area contributed by atoms with Crippen molar-refractivity contribution in [3.8, 4) is 5.75 Å². The summed E-state index contributed by atoms with van der Waals surface area (Å²) in [4.78, 5) is 0. The molecule has 3 atom stereocenters. The number of nitrogens with one attached hydrogen (secondary N) is 1. The van der Waals surface area contributed by atoms with Gasteiger partial charge in [-0.1, -0.05) is 12.1 Å². The SMILES string of the molecule is Oc1ccc(C[C@@H]2NC[C@H](O)[C@H]2O)cc1. The van der Waals surface area contributed by atoms with Gasteiger partial charge in [0.2, 0.25) is 0 Å². The first-order valence-corrected chi connectivity index (χ1v) is 5.04. The summed E-state index contributed by atoms with van der Waals surface area (Å²) < 4.78 is 0. The molecule has 2 rings (SSSR count). The largest absolute Gasteiger partial charge is 0.508 e. The molecule has 15 heavy (non-hydrogen) atoms. The van der Waals surface area contributed by atoms with Crippen molar-refractivity contribution in [1.82, 2.24) is 5.32 Å². The lowest BCUT2D eigenvalue weighted by Crippen LogP contribution is -2.34. The van der Waals surface area contributed by atoms with E-state index in [9.17, 15) is 10.2 Å². The van der Waals surface area contributed by atoms with Gasteiger partial charge in [0.15, 0.2) is 0 Å². The predicted octanol–water partition coefficient (Wildman–Crippen LogP) is -0.372. The van der Waals surface area contributed by atoms with Gasteiger partial charge in [0.05, 0.1) is 12.2 Å². The number of phenols is 1. The molecule has 1 aromatic rings. The van der Waals surface area contributed by atoms with Crippen LogP contribution >= 0.6 is 0 Å². The molecule has 1 aliphatic rings. The first-order chi connectivity index (χ1) is 7.16. The van der Waals surface area contributed by atoms with Crippen LogP contribution in [0.3, 0.4) is 0 Å². The van der Waals surface area contributed by atoms with Gasteiger partial charge < -0.3 is 20.6 Å². The Kier molecular flexibility index (Phi) is 2.90. The van der Waals surface area contributed by atoms with Crippen molar-refractivity contribution in [3.63, 3.8) is 0 Å². The molecular formula is C11H15NO3. The Morgan fingerprint density at radius 1 is 1.20 bits per heavy atom. The van der Waals surface area contributed by atoms with Gasteiger partial charge in [0.25, 0.3) is 0 Å². The van der Waals surface area contributed by atoms with E-state index in [0.717, 1.165) is 5.56 Å². The van der Waals surface area contributed by atoms with E-state index < -0.39 is 12.2 Å². The molecule has 0 unspecified atom stereocenters. The molecule has 1 heterocycles. The van der Waals surface area contributed by atoms with Crippen LogP contribution in [0.5, 0.6) is 5.75 Å². The van der Waals surface area contributed by atoms with Crippen molar-refractivity contribution in [2.75, 3.05) is 6.54 Å². The number of phenolic OH excluding ortho intramolecular Hbond substituents is 1. The maximum absolute atomic E-state index is 9.61. The van der Waals surface area contributed by atoms with Gasteiger partial charge in [-0.15, -0.1) is 0 Å². The normalized spacial score (nSPS) is 30.7. The highest BCUT2D eigenvalue weighted by atomic mass is 16.3. The van der Waals surface area contributed by atoms with E-state index in [1.807, 2.05) is 12.1 Å². The molecule has 1 fully saturated rings. The quantitative estimate of drug-likeness (QED) is 0.536. The number of hydrogen-bond donors (Lipinski definition) is 4. The average Bonchev–Trinajstić information content (AvgIpc) is 2.53. The second-order valence-electron chi connectivity index (χ2n) is 3.94. The van der Waals surface area contributed by atoms with Crippen molar-refractivity contribution in [2.45, 2.75) is 24.7 Å². The Bertz CT molecular complexity index is 325. The van der Waals surface area contributed by atoms with Crippen LogP contribution in [0.25, 0.3) is 0 Å². The Morgan fingerprint density at radius 2 is 1.87 bits per heavy atom. The zero-order chi connectivity index (χ0) is 10.8. The molecule has 0 aliphatic carbocycles. The first kappa shape index (κ1) is 10.4. The molecule has 4 heteroatoms. The Hall–Kier alpha value is -1.10. The van der Waals surface area contributed by atoms with Gasteiger partial charge in [0.1, 0.15) is 5.75 Å². The van der Waals surface area contributed by atoms with Crippen LogP contribution in [0.1, 0.15) is 5.56 Å². The summed E-state index contributed by atoms with van der Waals surface area (Å²) in [5, 5.41) is 31.1. The lowest BCUT2D eigenvalue weighted by atomic mass is 10.0. The van der Waals surface area contributed by atoms with Gasteiger partial charge in [-0.05, 0) is 24.1 Å². The lowest BCUT2D eigenvalue weighted by Gasteiger charge is -2.15. The fourth-order valence-corrected chi connectivity index (χ4v) is 1.86. The molecule has 1 aliphatic heterocycles. The van der Waals surface area contributed by atoms with Crippen LogP contribution in [0, 0.1) is 0 Å². The molecule has 0 amide bonds. The minimum absolute atomic E-state index is 0.107. The van der Waals surface area contributed by atoms with Crippen molar-refractivity contribution < 1.29 is 15.3 Å². The summed E-state index contributed by atoms with van der Waals surface area (Å²) in [6.07, 6.45) is -0.732. The van der Waals surface area contributed by atoms with Gasteiger partial charge >= 0.3 is 0 Å². The molecule has 1 saturated heterocycles. The predicted molar refractivity (Wildman–Crippen MR) is 55.6 cm³/mol. The second-order valence-corrected chi connectivity index (χ2v) is 3.94. The zero-order valence-electron chi connectivity index (χ0n) is 8.30. The van der Waals surface area contributed by atoms with Crippen molar-refractivity contribution in [3.05, 3.63) is 29.8 Å². The second kappa shape index (κ2) is 4.18. The number of aromatic hydroxyl groups is 1. The van der Waals surface area contributed by atoms with Crippen molar-refractivity contribution in [2.24, 2.45) is 0 Å². The smallest absolute Gasteiger partial charge is 0.115 e. The molecule has 0 radical (unpaired) electrons. The number of hydrogen-bond acceptors (Lipinski definition) is 4. The van der Waals surface area contributed by atoms with E-state index in [1.54, 1.807) is 12.1 Å². The van der Waals surface area contributed by atoms with Crippen LogP contribution < -0.4 is 5.32 Å². The highest BCUT2D eigenvalue weighted by molar-refractivity contribution is 5.26. The van der Waals surface area contributed by atoms with Crippen LogP contribution in [0.4, 0.5) is 0 Å². The zero-order valence-corrected chi connectivity index (χ0v) is 8.30. The molecule has 82 valence electrons. The van der Waals surface area contributed by atoms with E-state index in [2.05, 4.69) is 5.32 Å². The third-order valence-electron chi connectivity index (χ3n) is 2.79. The fourth-order valence-electron chi connectivity index (χ4n) is 1.86. The third-order valence-corrected chi connectivity index (χ3v) is 2.79. The molecule has 0 aromatic heterocycles. The molecule has 0 bridgehead atoms. The van der Waals surface area contributed by atoms with Crippen LogP contribution in [-0.2, 0) is 6.42 Å². The van der Waals surface area contributed by atoms with Crippen LogP contribution in [0.2, 0.25) is 0 Å². The van der Waals surface area contributed by atoms with Gasteiger partial charge in [-0.2, -0.15) is 0 Å². The van der Waals surface area contributed by atoms with Gasteiger partial charge in [-0.3, -0.25) is 0 Å². The number of β-amino-alcohol motifs (C(OH)–C–C–N with tert-alkyl or cyclic N) is 1. The van der Waals surface area contributed by atoms with Crippen molar-refractivity contribution >= 4 is 0 Å². The molecule has 4 nitrogen and oxygen atoms in total. The monoisotopic (exact) mass is 209 g/mol. The highest BCUT2D eigenvalue weighted by Gasteiger charge is 2.32. The van der Waals surface area contributed by atoms with Gasteiger partial charge in [0, 0.05) is 12.6 Å². The van der Waals surface area contributed by atoms with Crippen LogP contribution in [-0.4, -0.2) is 40.1 Å². The standard InChI is InChI=1S/C11H15NO3/c13-8-3-1-7(2-4-8)5-9-11(15)10(14)6-12-9/h1-4,9-15H,5-6H2/t9-,10-,11-/m0/s1. The number of aliphatic hydroxyl groups is 2. The summed E-state index contributed by atoms with van der Waals surface area (Å²) in [6.45, 7) is 0.434. The van der Waals surface area contributed by atoms with E-state index in [1.165, 1.54) is 0 Å². The molecular weight excluding hydrogens is 194 g/mol. The Balaban J connectivity index is 2.00. The minimum Gasteiger partial charge on any atom is -0.508 e. The lowest BCUT2D eigenvalue weighted by molar-refractivity contribution is 0.0408. The van der Waals surface area contributed by atoms with Crippen molar-refractivity contribution in [1.29, 1.82) is 0 Å². The molecule has 1 aromatic carbocycles. The number of rotatable bonds is 2. The summed E-state index contributed by atoms with van der Waals surface area (Å²) in [5.41, 5.74) is 1.03.